The van der Waals surface area contributed by atoms with Gasteiger partial charge < -0.3 is 24.8 Å². The van der Waals surface area contributed by atoms with Gasteiger partial charge in [-0.1, -0.05) is 35.5 Å². The molecule has 3 rings (SSSR count). The van der Waals surface area contributed by atoms with Gasteiger partial charge in [0.15, 0.2) is 11.8 Å². The maximum absolute atomic E-state index is 12.4. The predicted octanol–water partition coefficient (Wildman–Crippen LogP) is 2.31. The number of nitrogens with one attached hydrogen (secondary N) is 2. The SMILES string of the molecule is CCNC(=NCc1nc(C(C)OCC)no1)NCC1CC(=O)N(CCc2ccccc2)C1. The van der Waals surface area contributed by atoms with Crippen molar-refractivity contribution in [2.24, 2.45) is 10.9 Å². The Hall–Kier alpha value is -2.94. The highest BCUT2D eigenvalue weighted by atomic mass is 16.5. The molecule has 0 radical (unpaired) electrons. The summed E-state index contributed by atoms with van der Waals surface area (Å²) in [6.45, 7) is 9.61. The van der Waals surface area contributed by atoms with Gasteiger partial charge in [-0.15, -0.1) is 0 Å². The number of amides is 1. The van der Waals surface area contributed by atoms with E-state index in [1.807, 2.05) is 43.9 Å². The number of rotatable bonds is 11. The minimum Gasteiger partial charge on any atom is -0.371 e. The zero-order valence-electron chi connectivity index (χ0n) is 19.2. The van der Waals surface area contributed by atoms with Crippen LogP contribution in [0.25, 0.3) is 0 Å². The summed E-state index contributed by atoms with van der Waals surface area (Å²) in [5.74, 6) is 2.10. The molecule has 2 N–H and O–H groups in total. The molecule has 0 spiro atoms. The van der Waals surface area contributed by atoms with Crippen molar-refractivity contribution in [3.05, 3.63) is 47.6 Å². The Bertz CT molecular complexity index is 870. The molecule has 0 saturated carbocycles. The lowest BCUT2D eigenvalue weighted by molar-refractivity contribution is -0.127. The zero-order chi connectivity index (χ0) is 22.8. The van der Waals surface area contributed by atoms with E-state index in [-0.39, 0.29) is 24.5 Å². The smallest absolute Gasteiger partial charge is 0.248 e. The quantitative estimate of drug-likeness (QED) is 0.406. The molecule has 1 aromatic heterocycles. The summed E-state index contributed by atoms with van der Waals surface area (Å²) < 4.78 is 10.8. The monoisotopic (exact) mass is 442 g/mol. The molecule has 9 nitrogen and oxygen atoms in total. The number of nitrogens with zero attached hydrogens (tertiary/aromatic N) is 4. The fourth-order valence-corrected chi connectivity index (χ4v) is 3.67. The van der Waals surface area contributed by atoms with E-state index in [0.717, 1.165) is 26.1 Å². The topological polar surface area (TPSA) is 105 Å². The Morgan fingerprint density at radius 3 is 2.88 bits per heavy atom. The molecule has 2 aromatic rings. The van der Waals surface area contributed by atoms with Crippen LogP contribution in [0.15, 0.2) is 39.8 Å². The average molecular weight is 443 g/mol. The Labute approximate surface area is 189 Å². The van der Waals surface area contributed by atoms with Gasteiger partial charge in [0, 0.05) is 45.1 Å². The average Bonchev–Trinajstić information content (AvgIpc) is 3.41. The highest BCUT2D eigenvalue weighted by Gasteiger charge is 2.29. The third-order valence-electron chi connectivity index (χ3n) is 5.35. The number of hydrogen-bond acceptors (Lipinski definition) is 6. The molecular formula is C23H34N6O3. The normalized spacial score (nSPS) is 17.6. The number of carbonyl (C=O) groups excluding carboxylic acids is 1. The molecule has 1 aliphatic heterocycles. The van der Waals surface area contributed by atoms with Crippen LogP contribution in [0, 0.1) is 5.92 Å². The molecule has 32 heavy (non-hydrogen) atoms. The second-order valence-corrected chi connectivity index (χ2v) is 7.87. The number of hydrogen-bond donors (Lipinski definition) is 2. The van der Waals surface area contributed by atoms with Crippen LogP contribution in [0.1, 0.15) is 50.6 Å². The number of likely N-dealkylation sites (tertiary alicyclic amines) is 1. The van der Waals surface area contributed by atoms with Crippen LogP contribution in [-0.4, -0.2) is 59.7 Å². The van der Waals surface area contributed by atoms with Gasteiger partial charge in [-0.3, -0.25) is 4.79 Å². The molecule has 1 aromatic carbocycles. The van der Waals surface area contributed by atoms with Crippen LogP contribution in [0.4, 0.5) is 0 Å². The molecule has 1 saturated heterocycles. The van der Waals surface area contributed by atoms with Gasteiger partial charge in [0.2, 0.25) is 11.8 Å². The van der Waals surface area contributed by atoms with E-state index in [1.54, 1.807) is 0 Å². The van der Waals surface area contributed by atoms with Crippen molar-refractivity contribution in [2.75, 3.05) is 32.8 Å². The van der Waals surface area contributed by atoms with Crippen LogP contribution < -0.4 is 10.6 Å². The molecule has 1 aliphatic rings. The van der Waals surface area contributed by atoms with E-state index in [4.69, 9.17) is 9.26 Å². The molecule has 9 heteroatoms. The molecule has 0 bridgehead atoms. The van der Waals surface area contributed by atoms with Crippen molar-refractivity contribution in [3.63, 3.8) is 0 Å². The van der Waals surface area contributed by atoms with Gasteiger partial charge in [-0.25, -0.2) is 4.99 Å². The van der Waals surface area contributed by atoms with Crippen molar-refractivity contribution in [1.82, 2.24) is 25.7 Å². The number of benzene rings is 1. The van der Waals surface area contributed by atoms with Gasteiger partial charge in [0.25, 0.3) is 0 Å². The first-order valence-electron chi connectivity index (χ1n) is 11.4. The number of aromatic nitrogens is 2. The Morgan fingerprint density at radius 2 is 2.12 bits per heavy atom. The third kappa shape index (κ3) is 7.05. The summed E-state index contributed by atoms with van der Waals surface area (Å²) in [5.41, 5.74) is 1.25. The lowest BCUT2D eigenvalue weighted by Crippen LogP contribution is -2.40. The zero-order valence-corrected chi connectivity index (χ0v) is 19.2. The molecule has 174 valence electrons. The molecular weight excluding hydrogens is 408 g/mol. The van der Waals surface area contributed by atoms with Crippen molar-refractivity contribution < 1.29 is 14.1 Å². The van der Waals surface area contributed by atoms with Gasteiger partial charge in [-0.05, 0) is 32.8 Å². The highest BCUT2D eigenvalue weighted by Crippen LogP contribution is 2.18. The van der Waals surface area contributed by atoms with Crippen LogP contribution in [0.3, 0.4) is 0 Å². The summed E-state index contributed by atoms with van der Waals surface area (Å²) in [6, 6.07) is 10.3. The Morgan fingerprint density at radius 1 is 1.31 bits per heavy atom. The summed E-state index contributed by atoms with van der Waals surface area (Å²) in [7, 11) is 0. The molecule has 1 amide bonds. The molecule has 2 heterocycles. The lowest BCUT2D eigenvalue weighted by atomic mass is 10.1. The number of guanidine groups is 1. The summed E-state index contributed by atoms with van der Waals surface area (Å²) in [5, 5.41) is 10.5. The van der Waals surface area contributed by atoms with Crippen LogP contribution in [0.2, 0.25) is 0 Å². The standard InChI is InChI=1S/C23H34N6O3/c1-4-24-23(26-15-20-27-22(28-32-20)17(3)31-5-2)25-14-19-13-21(30)29(16-19)12-11-18-9-7-6-8-10-18/h6-10,17,19H,4-5,11-16H2,1-3H3,(H2,24,25,26). The van der Waals surface area contributed by atoms with Gasteiger partial charge in [0.05, 0.1) is 0 Å². The van der Waals surface area contributed by atoms with E-state index >= 15 is 0 Å². The van der Waals surface area contributed by atoms with Crippen molar-refractivity contribution >= 4 is 11.9 Å². The summed E-state index contributed by atoms with van der Waals surface area (Å²) in [6.07, 6.45) is 1.23. The van der Waals surface area contributed by atoms with E-state index in [9.17, 15) is 4.79 Å². The first kappa shape index (κ1) is 23.7. The number of carbonyl (C=O) groups is 1. The van der Waals surface area contributed by atoms with Crippen molar-refractivity contribution in [1.29, 1.82) is 0 Å². The van der Waals surface area contributed by atoms with E-state index in [0.29, 0.717) is 37.2 Å². The van der Waals surface area contributed by atoms with Crippen LogP contribution in [-0.2, 0) is 22.5 Å². The van der Waals surface area contributed by atoms with Crippen molar-refractivity contribution in [2.45, 2.75) is 46.3 Å². The van der Waals surface area contributed by atoms with Gasteiger partial charge in [0.1, 0.15) is 12.6 Å². The maximum atomic E-state index is 12.4. The van der Waals surface area contributed by atoms with Gasteiger partial charge >= 0.3 is 0 Å². The molecule has 1 fully saturated rings. The molecule has 2 atom stereocenters. The summed E-state index contributed by atoms with van der Waals surface area (Å²) >= 11 is 0. The minimum absolute atomic E-state index is 0.211. The third-order valence-corrected chi connectivity index (χ3v) is 5.35. The minimum atomic E-state index is -0.211. The van der Waals surface area contributed by atoms with E-state index < -0.39 is 0 Å². The largest absolute Gasteiger partial charge is 0.371 e. The summed E-state index contributed by atoms with van der Waals surface area (Å²) in [4.78, 5) is 23.2. The van der Waals surface area contributed by atoms with Gasteiger partial charge in [-0.2, -0.15) is 4.98 Å². The fourth-order valence-electron chi connectivity index (χ4n) is 3.67. The van der Waals surface area contributed by atoms with Crippen LogP contribution in [0.5, 0.6) is 0 Å². The first-order valence-corrected chi connectivity index (χ1v) is 11.4. The molecule has 0 aliphatic carbocycles. The second kappa shape index (κ2) is 12.2. The Balaban J connectivity index is 1.47. The first-order chi connectivity index (χ1) is 15.6. The lowest BCUT2D eigenvalue weighted by Gasteiger charge is -2.17. The van der Waals surface area contributed by atoms with E-state index in [1.165, 1.54) is 5.56 Å². The second-order valence-electron chi connectivity index (χ2n) is 7.87. The molecule has 2 unspecified atom stereocenters. The maximum Gasteiger partial charge on any atom is 0.248 e. The number of ether oxygens (including phenoxy) is 1. The number of aliphatic imine (C=N–C) groups is 1. The Kier molecular flexibility index (Phi) is 9.03. The highest BCUT2D eigenvalue weighted by molar-refractivity contribution is 5.80. The van der Waals surface area contributed by atoms with E-state index in [2.05, 4.69) is 37.9 Å². The predicted molar refractivity (Wildman–Crippen MR) is 122 cm³/mol. The van der Waals surface area contributed by atoms with Crippen LogP contribution >= 0.6 is 0 Å². The van der Waals surface area contributed by atoms with Crippen molar-refractivity contribution in [3.8, 4) is 0 Å². The fraction of sp³-hybridized carbons (Fsp3) is 0.565.